The van der Waals surface area contributed by atoms with E-state index >= 15 is 0 Å². The predicted molar refractivity (Wildman–Crippen MR) is 112 cm³/mol. The van der Waals surface area contributed by atoms with Gasteiger partial charge in [0.05, 0.1) is 4.92 Å². The summed E-state index contributed by atoms with van der Waals surface area (Å²) >= 11 is 1.25. The van der Waals surface area contributed by atoms with E-state index in [2.05, 4.69) is 15.6 Å². The third kappa shape index (κ3) is 5.61. The number of anilines is 2. The maximum atomic E-state index is 12.3. The van der Waals surface area contributed by atoms with Crippen molar-refractivity contribution in [3.05, 3.63) is 81.3 Å². The Labute approximate surface area is 175 Å². The highest BCUT2D eigenvalue weighted by Gasteiger charge is 2.21. The smallest absolute Gasteiger partial charge is 0.358 e. The van der Waals surface area contributed by atoms with Crippen molar-refractivity contribution in [2.75, 3.05) is 10.6 Å². The number of rotatable bonds is 8. The van der Waals surface area contributed by atoms with Crippen molar-refractivity contribution in [2.24, 2.45) is 0 Å². The van der Waals surface area contributed by atoms with Crippen molar-refractivity contribution in [2.45, 2.75) is 19.6 Å². The van der Waals surface area contributed by atoms with Gasteiger partial charge in [-0.2, -0.15) is 0 Å². The van der Waals surface area contributed by atoms with Gasteiger partial charge in [-0.15, -0.1) is 11.3 Å². The second kappa shape index (κ2) is 9.61. The Bertz CT molecular complexity index is 1050. The predicted octanol–water partition coefficient (Wildman–Crippen LogP) is 3.85. The van der Waals surface area contributed by atoms with Crippen LogP contribution in [-0.4, -0.2) is 27.9 Å². The molecule has 9 nitrogen and oxygen atoms in total. The minimum atomic E-state index is -1.11. The molecule has 0 aliphatic carbocycles. The monoisotopic (exact) mass is 426 g/mol. The number of nitro groups is 1. The Hall–Kier alpha value is -3.79. The van der Waals surface area contributed by atoms with Crippen LogP contribution < -0.4 is 10.6 Å². The number of non-ortho nitro benzene ring substituents is 1. The molecule has 0 radical (unpaired) electrons. The second-order valence-electron chi connectivity index (χ2n) is 6.22. The zero-order valence-electron chi connectivity index (χ0n) is 15.9. The zero-order valence-corrected chi connectivity index (χ0v) is 16.7. The van der Waals surface area contributed by atoms with E-state index in [1.165, 1.54) is 42.5 Å². The van der Waals surface area contributed by atoms with Gasteiger partial charge < -0.3 is 15.4 Å². The number of nitrogens with one attached hydrogen (secondary N) is 2. The molecule has 10 heteroatoms. The van der Waals surface area contributed by atoms with Gasteiger partial charge in [-0.25, -0.2) is 9.78 Å². The molecule has 1 heterocycles. The van der Waals surface area contributed by atoms with Gasteiger partial charge in [-0.05, 0) is 18.6 Å². The molecule has 0 saturated carbocycles. The zero-order chi connectivity index (χ0) is 21.5. The number of amides is 1. The van der Waals surface area contributed by atoms with Gasteiger partial charge in [-0.3, -0.25) is 14.9 Å². The molecule has 1 amide bonds. The third-order valence-corrected chi connectivity index (χ3v) is 4.78. The highest BCUT2D eigenvalue weighted by atomic mass is 32.1. The average molecular weight is 426 g/mol. The summed E-state index contributed by atoms with van der Waals surface area (Å²) in [7, 11) is 0. The number of nitro benzene ring substituents is 1. The van der Waals surface area contributed by atoms with E-state index in [0.717, 1.165) is 5.56 Å². The van der Waals surface area contributed by atoms with Gasteiger partial charge in [0.1, 0.15) is 0 Å². The number of hydrogen-bond donors (Lipinski definition) is 2. The van der Waals surface area contributed by atoms with E-state index in [-0.39, 0.29) is 17.1 Å². The Morgan fingerprint density at radius 1 is 1.20 bits per heavy atom. The lowest BCUT2D eigenvalue weighted by Gasteiger charge is -2.12. The van der Waals surface area contributed by atoms with Crippen molar-refractivity contribution in [3.63, 3.8) is 0 Å². The van der Waals surface area contributed by atoms with Crippen LogP contribution in [-0.2, 0) is 16.1 Å². The van der Waals surface area contributed by atoms with Crippen LogP contribution in [0, 0.1) is 10.1 Å². The first kappa shape index (κ1) is 20.9. The number of benzene rings is 2. The van der Waals surface area contributed by atoms with Crippen LogP contribution in [0.25, 0.3) is 0 Å². The molecule has 1 aromatic heterocycles. The molecule has 0 fully saturated rings. The summed E-state index contributed by atoms with van der Waals surface area (Å²) in [6, 6.07) is 15.2. The lowest BCUT2D eigenvalue weighted by Crippen LogP contribution is -2.30. The quantitative estimate of drug-likeness (QED) is 0.318. The average Bonchev–Trinajstić information content (AvgIpc) is 3.22. The number of ether oxygens (including phenoxy) is 1. The molecule has 1 unspecified atom stereocenters. The van der Waals surface area contributed by atoms with Crippen LogP contribution in [0.1, 0.15) is 23.0 Å². The van der Waals surface area contributed by atoms with Crippen LogP contribution in [0.15, 0.2) is 60.0 Å². The summed E-state index contributed by atoms with van der Waals surface area (Å²) in [6.07, 6.45) is -1.11. The summed E-state index contributed by atoms with van der Waals surface area (Å²) in [4.78, 5) is 38.9. The van der Waals surface area contributed by atoms with E-state index in [4.69, 9.17) is 4.74 Å². The molecule has 154 valence electrons. The van der Waals surface area contributed by atoms with Gasteiger partial charge >= 0.3 is 5.97 Å². The van der Waals surface area contributed by atoms with Crippen LogP contribution in [0.2, 0.25) is 0 Å². The molecule has 30 heavy (non-hydrogen) atoms. The molecule has 0 spiro atoms. The fraction of sp³-hybridized carbons (Fsp3) is 0.150. The number of esters is 1. The molecule has 0 aliphatic heterocycles. The molecule has 1 atom stereocenters. The van der Waals surface area contributed by atoms with Crippen LogP contribution in [0.5, 0.6) is 0 Å². The summed E-state index contributed by atoms with van der Waals surface area (Å²) < 4.78 is 5.16. The van der Waals surface area contributed by atoms with Crippen LogP contribution >= 0.6 is 11.3 Å². The fourth-order valence-electron chi connectivity index (χ4n) is 2.44. The van der Waals surface area contributed by atoms with Gasteiger partial charge in [0.25, 0.3) is 11.6 Å². The molecule has 3 aromatic rings. The number of carbonyl (C=O) groups excluding carboxylic acids is 2. The van der Waals surface area contributed by atoms with Gasteiger partial charge in [0.2, 0.25) is 0 Å². The Morgan fingerprint density at radius 2 is 1.97 bits per heavy atom. The van der Waals surface area contributed by atoms with Crippen molar-refractivity contribution in [1.82, 2.24) is 4.98 Å². The third-order valence-electron chi connectivity index (χ3n) is 3.98. The SMILES string of the molecule is CC(OC(=O)c1csc(NCc2ccccc2)n1)C(=O)Nc1cccc([N+](=O)[O-])c1. The highest BCUT2D eigenvalue weighted by molar-refractivity contribution is 7.13. The largest absolute Gasteiger partial charge is 0.448 e. The number of aromatic nitrogens is 1. The maximum absolute atomic E-state index is 12.3. The number of carbonyl (C=O) groups is 2. The number of hydrogen-bond acceptors (Lipinski definition) is 8. The first-order chi connectivity index (χ1) is 14.4. The summed E-state index contributed by atoms with van der Waals surface area (Å²) in [6.45, 7) is 1.97. The highest BCUT2D eigenvalue weighted by Crippen LogP contribution is 2.19. The Balaban J connectivity index is 1.53. The van der Waals surface area contributed by atoms with E-state index in [0.29, 0.717) is 11.7 Å². The van der Waals surface area contributed by atoms with E-state index < -0.39 is 22.9 Å². The normalized spacial score (nSPS) is 11.4. The molecule has 0 saturated heterocycles. The molecule has 2 aromatic carbocycles. The lowest BCUT2D eigenvalue weighted by atomic mass is 10.2. The molecule has 2 N–H and O–H groups in total. The minimum absolute atomic E-state index is 0.0885. The minimum Gasteiger partial charge on any atom is -0.448 e. The summed E-state index contributed by atoms with van der Waals surface area (Å²) in [5.41, 5.74) is 1.24. The van der Waals surface area contributed by atoms with Crippen molar-refractivity contribution in [1.29, 1.82) is 0 Å². The van der Waals surface area contributed by atoms with Crippen molar-refractivity contribution >= 4 is 39.7 Å². The fourth-order valence-corrected chi connectivity index (χ4v) is 3.12. The standard InChI is InChI=1S/C20H18N4O5S/c1-13(18(25)22-15-8-5-9-16(10-15)24(27)28)29-19(26)17-12-30-20(23-17)21-11-14-6-3-2-4-7-14/h2-10,12-13H,11H2,1H3,(H,21,23)(H,22,25). The molecule has 0 aliphatic rings. The van der Waals surface area contributed by atoms with Crippen LogP contribution in [0.4, 0.5) is 16.5 Å². The Kier molecular flexibility index (Phi) is 6.71. The summed E-state index contributed by atoms with van der Waals surface area (Å²) in [5, 5.41) is 18.5. The topological polar surface area (TPSA) is 123 Å². The number of nitrogens with zero attached hydrogens (tertiary/aromatic N) is 2. The summed E-state index contributed by atoms with van der Waals surface area (Å²) in [5.74, 6) is -1.35. The van der Waals surface area contributed by atoms with Crippen molar-refractivity contribution < 1.29 is 19.2 Å². The first-order valence-electron chi connectivity index (χ1n) is 8.92. The van der Waals surface area contributed by atoms with E-state index in [9.17, 15) is 19.7 Å². The molecular weight excluding hydrogens is 408 g/mol. The first-order valence-corrected chi connectivity index (χ1v) is 9.80. The maximum Gasteiger partial charge on any atom is 0.358 e. The van der Waals surface area contributed by atoms with E-state index in [1.807, 2.05) is 30.3 Å². The van der Waals surface area contributed by atoms with Gasteiger partial charge in [-0.1, -0.05) is 36.4 Å². The lowest BCUT2D eigenvalue weighted by molar-refractivity contribution is -0.384. The number of thiazole rings is 1. The Morgan fingerprint density at radius 3 is 2.70 bits per heavy atom. The van der Waals surface area contributed by atoms with Crippen LogP contribution in [0.3, 0.4) is 0 Å². The van der Waals surface area contributed by atoms with Crippen molar-refractivity contribution in [3.8, 4) is 0 Å². The van der Waals surface area contributed by atoms with E-state index in [1.54, 1.807) is 5.38 Å². The van der Waals surface area contributed by atoms with Gasteiger partial charge in [0, 0.05) is 29.7 Å². The molecular formula is C20H18N4O5S. The van der Waals surface area contributed by atoms with Gasteiger partial charge in [0.15, 0.2) is 16.9 Å². The second-order valence-corrected chi connectivity index (χ2v) is 7.08. The molecule has 0 bridgehead atoms. The molecule has 3 rings (SSSR count).